The van der Waals surface area contributed by atoms with Crippen LogP contribution in [0.3, 0.4) is 0 Å². The van der Waals surface area contributed by atoms with Crippen LogP contribution in [0.1, 0.15) is 36.7 Å². The lowest BCUT2D eigenvalue weighted by Gasteiger charge is -2.13. The number of unbranched alkanes of at least 4 members (excludes halogenated alkanes) is 1. The highest BCUT2D eigenvalue weighted by Crippen LogP contribution is 2.27. The molecule has 0 radical (unpaired) electrons. The van der Waals surface area contributed by atoms with Gasteiger partial charge >= 0.3 is 5.97 Å². The number of rotatable bonds is 6. The number of para-hydroxylation sites is 1. The Kier molecular flexibility index (Phi) is 4.85. The third-order valence-electron chi connectivity index (χ3n) is 3.32. The largest absolute Gasteiger partial charge is 0.480 e. The molecule has 0 aliphatic carbocycles. The Balaban J connectivity index is 2.21. The van der Waals surface area contributed by atoms with Crippen LogP contribution in [-0.2, 0) is 4.79 Å². The molecule has 0 bridgehead atoms. The summed E-state index contributed by atoms with van der Waals surface area (Å²) in [6, 6.07) is 6.36. The number of aromatic amines is 1. The number of aliphatic carboxylic acids is 1. The minimum atomic E-state index is -1.04. The van der Waals surface area contributed by atoms with Gasteiger partial charge in [0.05, 0.1) is 5.02 Å². The van der Waals surface area contributed by atoms with Crippen LogP contribution in [0.2, 0.25) is 5.02 Å². The van der Waals surface area contributed by atoms with E-state index >= 15 is 0 Å². The number of hydrogen-bond donors (Lipinski definition) is 3. The molecule has 1 heterocycles. The molecule has 2 aromatic rings. The van der Waals surface area contributed by atoms with E-state index in [1.807, 2.05) is 25.1 Å². The van der Waals surface area contributed by atoms with Gasteiger partial charge in [-0.1, -0.05) is 49.6 Å². The number of carbonyl (C=O) groups is 2. The van der Waals surface area contributed by atoms with Gasteiger partial charge in [-0.05, 0) is 12.5 Å². The Morgan fingerprint density at radius 3 is 2.71 bits per heavy atom. The minimum Gasteiger partial charge on any atom is -0.480 e. The molecule has 1 aromatic carbocycles. The van der Waals surface area contributed by atoms with Crippen molar-refractivity contribution in [1.82, 2.24) is 10.3 Å². The van der Waals surface area contributed by atoms with Gasteiger partial charge in [-0.2, -0.15) is 0 Å². The van der Waals surface area contributed by atoms with Gasteiger partial charge in [-0.25, -0.2) is 4.79 Å². The van der Waals surface area contributed by atoms with E-state index in [-0.39, 0.29) is 5.69 Å². The average Bonchev–Trinajstić information content (AvgIpc) is 2.81. The molecule has 1 aromatic heterocycles. The highest BCUT2D eigenvalue weighted by molar-refractivity contribution is 6.38. The maximum absolute atomic E-state index is 12.2. The lowest BCUT2D eigenvalue weighted by Crippen LogP contribution is -2.40. The molecule has 1 atom stereocenters. The van der Waals surface area contributed by atoms with E-state index in [1.165, 1.54) is 0 Å². The third kappa shape index (κ3) is 3.36. The van der Waals surface area contributed by atoms with Crippen molar-refractivity contribution in [2.24, 2.45) is 0 Å². The van der Waals surface area contributed by atoms with Crippen molar-refractivity contribution in [3.05, 3.63) is 35.0 Å². The van der Waals surface area contributed by atoms with E-state index in [0.717, 1.165) is 23.7 Å². The normalized spacial score (nSPS) is 12.3. The molecule has 112 valence electrons. The van der Waals surface area contributed by atoms with Crippen molar-refractivity contribution >= 4 is 34.4 Å². The van der Waals surface area contributed by atoms with Gasteiger partial charge in [0.1, 0.15) is 11.7 Å². The maximum Gasteiger partial charge on any atom is 0.326 e. The topological polar surface area (TPSA) is 82.2 Å². The molecule has 0 saturated heterocycles. The number of nitrogens with one attached hydrogen (secondary N) is 2. The Hall–Kier alpha value is -2.01. The van der Waals surface area contributed by atoms with Crippen molar-refractivity contribution < 1.29 is 14.7 Å². The summed E-state index contributed by atoms with van der Waals surface area (Å²) in [4.78, 5) is 26.3. The van der Waals surface area contributed by atoms with Crippen LogP contribution in [0.25, 0.3) is 10.9 Å². The molecule has 0 spiro atoms. The van der Waals surface area contributed by atoms with Crippen molar-refractivity contribution in [2.45, 2.75) is 32.2 Å². The zero-order chi connectivity index (χ0) is 15.4. The Morgan fingerprint density at radius 2 is 2.10 bits per heavy atom. The number of hydrogen-bond acceptors (Lipinski definition) is 2. The van der Waals surface area contributed by atoms with E-state index in [9.17, 15) is 9.59 Å². The summed E-state index contributed by atoms with van der Waals surface area (Å²) >= 11 is 6.18. The van der Waals surface area contributed by atoms with Gasteiger partial charge in [0, 0.05) is 10.9 Å². The number of amides is 1. The second-order valence-corrected chi connectivity index (χ2v) is 5.24. The quantitative estimate of drug-likeness (QED) is 0.766. The highest BCUT2D eigenvalue weighted by Gasteiger charge is 2.23. The first kappa shape index (κ1) is 15.4. The lowest BCUT2D eigenvalue weighted by molar-refractivity contribution is -0.139. The first-order valence-corrected chi connectivity index (χ1v) is 7.22. The Morgan fingerprint density at radius 1 is 1.38 bits per heavy atom. The van der Waals surface area contributed by atoms with Crippen molar-refractivity contribution in [2.75, 3.05) is 0 Å². The molecule has 1 unspecified atom stereocenters. The minimum absolute atomic E-state index is 0.195. The smallest absolute Gasteiger partial charge is 0.326 e. The zero-order valence-electron chi connectivity index (χ0n) is 11.6. The highest BCUT2D eigenvalue weighted by atomic mass is 35.5. The molecule has 0 aliphatic heterocycles. The molecule has 5 nitrogen and oxygen atoms in total. The fourth-order valence-corrected chi connectivity index (χ4v) is 2.46. The molecule has 21 heavy (non-hydrogen) atoms. The Labute approximate surface area is 127 Å². The molecule has 1 amide bonds. The summed E-state index contributed by atoms with van der Waals surface area (Å²) in [6.45, 7) is 1.97. The first-order valence-electron chi connectivity index (χ1n) is 6.84. The van der Waals surface area contributed by atoms with Crippen LogP contribution in [0.5, 0.6) is 0 Å². The van der Waals surface area contributed by atoms with E-state index in [0.29, 0.717) is 11.4 Å². The molecule has 0 aliphatic rings. The van der Waals surface area contributed by atoms with Crippen LogP contribution in [0.4, 0.5) is 0 Å². The van der Waals surface area contributed by atoms with Gasteiger partial charge in [-0.3, -0.25) is 4.79 Å². The lowest BCUT2D eigenvalue weighted by atomic mass is 10.1. The first-order chi connectivity index (χ1) is 10.0. The monoisotopic (exact) mass is 308 g/mol. The molecule has 6 heteroatoms. The van der Waals surface area contributed by atoms with Gasteiger partial charge < -0.3 is 15.4 Å². The van der Waals surface area contributed by atoms with Gasteiger partial charge in [-0.15, -0.1) is 0 Å². The fourth-order valence-electron chi connectivity index (χ4n) is 2.16. The second kappa shape index (κ2) is 6.63. The van der Waals surface area contributed by atoms with E-state index < -0.39 is 17.9 Å². The number of H-pyrrole nitrogens is 1. The number of carbonyl (C=O) groups excluding carboxylic acids is 1. The summed E-state index contributed by atoms with van der Waals surface area (Å²) in [5.41, 5.74) is 0.939. The second-order valence-electron chi connectivity index (χ2n) is 4.87. The van der Waals surface area contributed by atoms with Crippen LogP contribution < -0.4 is 5.32 Å². The average molecular weight is 309 g/mol. The number of halogens is 1. The number of benzene rings is 1. The van der Waals surface area contributed by atoms with Gasteiger partial charge in [0.25, 0.3) is 5.91 Å². The molecule has 2 rings (SSSR count). The molecular formula is C15H17ClN2O3. The van der Waals surface area contributed by atoms with Gasteiger partial charge in [0.2, 0.25) is 0 Å². The zero-order valence-corrected chi connectivity index (χ0v) is 12.4. The summed E-state index contributed by atoms with van der Waals surface area (Å²) in [6.07, 6.45) is 2.00. The number of carboxylic acid groups (broad SMARTS) is 1. The van der Waals surface area contributed by atoms with Crippen LogP contribution in [0, 0.1) is 0 Å². The Bertz CT molecular complexity index is 666. The third-order valence-corrected chi connectivity index (χ3v) is 3.71. The van der Waals surface area contributed by atoms with E-state index in [4.69, 9.17) is 16.7 Å². The number of aromatic nitrogens is 1. The van der Waals surface area contributed by atoms with Crippen LogP contribution >= 0.6 is 11.6 Å². The molecule has 0 fully saturated rings. The standard InChI is InChI=1S/C15H17ClN2O3/c1-2-3-7-11(15(20)21)18-14(19)13-12(16)9-6-4-5-8-10(9)17-13/h4-6,8,11,17H,2-3,7H2,1H3,(H,18,19)(H,20,21). The fraction of sp³-hybridized carbons (Fsp3) is 0.333. The summed E-state index contributed by atoms with van der Waals surface area (Å²) < 4.78 is 0. The molecule has 0 saturated carbocycles. The summed E-state index contributed by atoms with van der Waals surface area (Å²) in [7, 11) is 0. The van der Waals surface area contributed by atoms with E-state index in [2.05, 4.69) is 10.3 Å². The predicted octanol–water partition coefficient (Wildman–Crippen LogP) is 3.19. The van der Waals surface area contributed by atoms with Crippen molar-refractivity contribution in [3.63, 3.8) is 0 Å². The number of fused-ring (bicyclic) bond motifs is 1. The van der Waals surface area contributed by atoms with Crippen LogP contribution in [0.15, 0.2) is 24.3 Å². The SMILES string of the molecule is CCCCC(NC(=O)c1[nH]c2ccccc2c1Cl)C(=O)O. The van der Waals surface area contributed by atoms with Gasteiger partial charge in [0.15, 0.2) is 0 Å². The predicted molar refractivity (Wildman–Crippen MR) is 81.7 cm³/mol. The maximum atomic E-state index is 12.2. The summed E-state index contributed by atoms with van der Waals surface area (Å²) in [5.74, 6) is -1.54. The van der Waals surface area contributed by atoms with Crippen molar-refractivity contribution in [3.8, 4) is 0 Å². The van der Waals surface area contributed by atoms with Crippen molar-refractivity contribution in [1.29, 1.82) is 0 Å². The van der Waals surface area contributed by atoms with E-state index in [1.54, 1.807) is 6.07 Å². The molecule has 3 N–H and O–H groups in total. The molecular weight excluding hydrogens is 292 g/mol. The summed E-state index contributed by atoms with van der Waals surface area (Å²) in [5, 5.41) is 12.7. The number of carboxylic acids is 1. The van der Waals surface area contributed by atoms with Crippen LogP contribution in [-0.4, -0.2) is 28.0 Å².